The van der Waals surface area contributed by atoms with Gasteiger partial charge in [0, 0.05) is 18.0 Å². The summed E-state index contributed by atoms with van der Waals surface area (Å²) < 4.78 is 3.76. The van der Waals surface area contributed by atoms with E-state index < -0.39 is 0 Å². The molecule has 1 aliphatic rings. The third-order valence-electron chi connectivity index (χ3n) is 7.76. The molecule has 0 saturated heterocycles. The molecule has 0 amide bonds. The van der Waals surface area contributed by atoms with E-state index in [1.54, 1.807) is 6.33 Å². The average Bonchev–Trinajstić information content (AvgIpc) is 3.44. The number of aromatic nitrogens is 4. The zero-order chi connectivity index (χ0) is 26.5. The highest BCUT2D eigenvalue weighted by Gasteiger charge is 2.27. The number of hydrogen-bond donors (Lipinski definition) is 1. The molecule has 0 atom stereocenters. The predicted octanol–water partition coefficient (Wildman–Crippen LogP) is 6.17. The van der Waals surface area contributed by atoms with Gasteiger partial charge in [-0.1, -0.05) is 55.8 Å². The van der Waals surface area contributed by atoms with E-state index in [1.165, 1.54) is 0 Å². The second kappa shape index (κ2) is 11.5. The molecule has 0 unspecified atom stereocenters. The molecule has 0 radical (unpaired) electrons. The third kappa shape index (κ3) is 4.99. The zero-order valence-corrected chi connectivity index (χ0v) is 21.8. The highest BCUT2D eigenvalue weighted by atomic mass is 16.2. The van der Waals surface area contributed by atoms with Crippen LogP contribution in [0, 0.1) is 17.2 Å². The number of allylic oxidation sites excluding steroid dienone is 1. The summed E-state index contributed by atoms with van der Waals surface area (Å²) >= 11 is 0. The van der Waals surface area contributed by atoms with E-state index in [4.69, 9.17) is 5.11 Å². The van der Waals surface area contributed by atoms with Crippen molar-refractivity contribution in [1.82, 2.24) is 19.2 Å². The first-order valence-electron chi connectivity index (χ1n) is 13.5. The van der Waals surface area contributed by atoms with Gasteiger partial charge in [-0.2, -0.15) is 15.3 Å². The topological polar surface area (TPSA) is 96.2 Å². The first kappa shape index (κ1) is 25.5. The Bertz CT molecular complexity index is 1530. The Morgan fingerprint density at radius 1 is 1.11 bits per heavy atom. The molecule has 2 aromatic carbocycles. The molecule has 1 aliphatic carbocycles. The summed E-state index contributed by atoms with van der Waals surface area (Å²) in [6, 6.07) is 18.1. The first-order chi connectivity index (χ1) is 18.6. The van der Waals surface area contributed by atoms with Crippen LogP contribution in [0.2, 0.25) is 0 Å². The lowest BCUT2D eigenvalue weighted by Crippen LogP contribution is -2.34. The van der Waals surface area contributed by atoms with Crippen LogP contribution in [0.25, 0.3) is 16.9 Å². The van der Waals surface area contributed by atoms with Crippen LogP contribution in [-0.2, 0) is 12.8 Å². The molecule has 0 bridgehead atoms. The molecule has 194 valence electrons. The smallest absolute Gasteiger partial charge is 0.259 e. The number of nitriles is 1. The molecule has 0 spiro atoms. The second-order valence-electron chi connectivity index (χ2n) is 10.1. The van der Waals surface area contributed by atoms with Crippen molar-refractivity contribution in [3.63, 3.8) is 0 Å². The number of nitrogens with zero attached hydrogens (tertiary/aromatic N) is 5. The lowest BCUT2D eigenvalue weighted by Gasteiger charge is -2.30. The van der Waals surface area contributed by atoms with E-state index in [2.05, 4.69) is 35.2 Å². The van der Waals surface area contributed by atoms with E-state index in [0.717, 1.165) is 79.2 Å². The number of fused-ring (bicyclic) bond motifs is 1. The summed E-state index contributed by atoms with van der Waals surface area (Å²) in [7, 11) is 0. The summed E-state index contributed by atoms with van der Waals surface area (Å²) in [6.45, 7) is 2.11. The Kier molecular flexibility index (Phi) is 7.69. The Balaban J connectivity index is 1.50. The van der Waals surface area contributed by atoms with Crippen molar-refractivity contribution in [3.8, 4) is 17.2 Å². The summed E-state index contributed by atoms with van der Waals surface area (Å²) in [5, 5.41) is 23.0. The summed E-state index contributed by atoms with van der Waals surface area (Å²) in [5.74, 6) is 1.16. The van der Waals surface area contributed by atoms with Gasteiger partial charge < -0.3 is 5.11 Å². The van der Waals surface area contributed by atoms with Crippen molar-refractivity contribution in [2.75, 3.05) is 0 Å². The van der Waals surface area contributed by atoms with Gasteiger partial charge in [-0.3, -0.25) is 9.36 Å². The normalized spacial score (nSPS) is 17.7. The zero-order valence-electron chi connectivity index (χ0n) is 21.8. The van der Waals surface area contributed by atoms with Crippen LogP contribution in [0.15, 0.2) is 72.0 Å². The number of aliphatic hydroxyl groups excluding tert-OH is 1. The van der Waals surface area contributed by atoms with Gasteiger partial charge in [-0.05, 0) is 73.3 Å². The maximum Gasteiger partial charge on any atom is 0.259 e. The third-order valence-corrected chi connectivity index (χ3v) is 7.76. The minimum atomic E-state index is 0.0338. The van der Waals surface area contributed by atoms with Gasteiger partial charge in [0.25, 0.3) is 5.56 Å². The SMILES string of the molecule is CCCc1c(Cc2ccc(-c3ccccc3C#N)cc2)c(=O)n(C2CCC(C/C=C/O)CC2)c2ncnn12. The molecule has 4 aromatic rings. The molecule has 1 fully saturated rings. The lowest BCUT2D eigenvalue weighted by molar-refractivity contribution is 0.272. The van der Waals surface area contributed by atoms with Crippen LogP contribution in [-0.4, -0.2) is 24.3 Å². The molecule has 1 N–H and O–H groups in total. The first-order valence-corrected chi connectivity index (χ1v) is 13.5. The van der Waals surface area contributed by atoms with E-state index in [9.17, 15) is 10.1 Å². The van der Waals surface area contributed by atoms with Gasteiger partial charge in [-0.25, -0.2) is 4.52 Å². The van der Waals surface area contributed by atoms with Gasteiger partial charge in [-0.15, -0.1) is 0 Å². The molecular formula is C31H33N5O2. The van der Waals surface area contributed by atoms with Crippen molar-refractivity contribution >= 4 is 5.78 Å². The number of rotatable bonds is 8. The van der Waals surface area contributed by atoms with Crippen LogP contribution in [0.1, 0.15) is 73.9 Å². The van der Waals surface area contributed by atoms with Crippen molar-refractivity contribution < 1.29 is 5.11 Å². The Labute approximate surface area is 222 Å². The van der Waals surface area contributed by atoms with Crippen LogP contribution < -0.4 is 5.56 Å². The molecule has 5 rings (SSSR count). The minimum Gasteiger partial charge on any atom is -0.516 e. The van der Waals surface area contributed by atoms with Crippen LogP contribution >= 0.6 is 0 Å². The van der Waals surface area contributed by atoms with Crippen molar-refractivity contribution in [3.05, 3.63) is 99.9 Å². The van der Waals surface area contributed by atoms with Gasteiger partial charge >= 0.3 is 0 Å². The van der Waals surface area contributed by atoms with Gasteiger partial charge in [0.2, 0.25) is 5.78 Å². The quantitative estimate of drug-likeness (QED) is 0.288. The van der Waals surface area contributed by atoms with Crippen molar-refractivity contribution in [2.45, 2.75) is 64.3 Å². The number of aryl methyl sites for hydroxylation is 1. The summed E-state index contributed by atoms with van der Waals surface area (Å²) in [6.07, 6.45) is 11.4. The van der Waals surface area contributed by atoms with E-state index >= 15 is 0 Å². The van der Waals surface area contributed by atoms with Gasteiger partial charge in [0.1, 0.15) is 6.33 Å². The molecular weight excluding hydrogens is 474 g/mol. The maximum absolute atomic E-state index is 14.1. The molecule has 0 aliphatic heterocycles. The van der Waals surface area contributed by atoms with E-state index in [1.807, 2.05) is 51.6 Å². The Morgan fingerprint density at radius 3 is 2.58 bits per heavy atom. The van der Waals surface area contributed by atoms with E-state index in [0.29, 0.717) is 23.7 Å². The van der Waals surface area contributed by atoms with Crippen LogP contribution in [0.3, 0.4) is 0 Å². The Hall–Kier alpha value is -4.18. The van der Waals surface area contributed by atoms with Crippen molar-refractivity contribution in [1.29, 1.82) is 5.26 Å². The maximum atomic E-state index is 14.1. The number of aliphatic hydroxyl groups is 1. The largest absolute Gasteiger partial charge is 0.516 e. The van der Waals surface area contributed by atoms with Gasteiger partial charge in [0.15, 0.2) is 0 Å². The summed E-state index contributed by atoms with van der Waals surface area (Å²) in [4.78, 5) is 18.6. The fourth-order valence-electron chi connectivity index (χ4n) is 5.81. The minimum absolute atomic E-state index is 0.0338. The number of hydrogen-bond acceptors (Lipinski definition) is 5. The number of benzene rings is 2. The predicted molar refractivity (Wildman–Crippen MR) is 148 cm³/mol. The highest BCUT2D eigenvalue weighted by Crippen LogP contribution is 2.34. The average molecular weight is 508 g/mol. The molecule has 7 heteroatoms. The lowest BCUT2D eigenvalue weighted by atomic mass is 9.84. The molecule has 1 saturated carbocycles. The fraction of sp³-hybridized carbons (Fsp3) is 0.355. The second-order valence-corrected chi connectivity index (χ2v) is 10.1. The standard InChI is InChI=1S/C31H33N5O2/c1-2-6-29-28(19-23-10-14-24(15-11-23)27-9-4-3-8-25(27)20-32)30(38)35(31-33-21-34-36(29)31)26-16-12-22(13-17-26)7-5-18-37/h3-5,8-11,14-15,18,21-22,26,37H,2,6-7,12-13,16-17,19H2,1H3/b18-5+. The molecule has 38 heavy (non-hydrogen) atoms. The molecule has 2 heterocycles. The fourth-order valence-corrected chi connectivity index (χ4v) is 5.81. The highest BCUT2D eigenvalue weighted by molar-refractivity contribution is 5.70. The monoisotopic (exact) mass is 507 g/mol. The molecule has 7 nitrogen and oxygen atoms in total. The molecule has 2 aromatic heterocycles. The van der Waals surface area contributed by atoms with Crippen molar-refractivity contribution in [2.24, 2.45) is 5.92 Å². The Morgan fingerprint density at radius 2 is 1.87 bits per heavy atom. The van der Waals surface area contributed by atoms with Crippen LogP contribution in [0.4, 0.5) is 0 Å². The summed E-state index contributed by atoms with van der Waals surface area (Å²) in [5.41, 5.74) is 5.32. The van der Waals surface area contributed by atoms with E-state index in [-0.39, 0.29) is 11.6 Å². The van der Waals surface area contributed by atoms with Crippen LogP contribution in [0.5, 0.6) is 0 Å². The van der Waals surface area contributed by atoms with Gasteiger partial charge in [0.05, 0.1) is 23.6 Å².